The number of hydrogen-bond donors (Lipinski definition) is 1. The molecule has 0 unspecified atom stereocenters. The van der Waals surface area contributed by atoms with Crippen molar-refractivity contribution < 1.29 is 19.4 Å². The summed E-state index contributed by atoms with van der Waals surface area (Å²) in [4.78, 5) is 10.7. The Morgan fingerprint density at radius 2 is 2.14 bits per heavy atom. The van der Waals surface area contributed by atoms with Crippen LogP contribution in [0.15, 0.2) is 18.2 Å². The van der Waals surface area contributed by atoms with Crippen LogP contribution in [-0.4, -0.2) is 35.8 Å². The lowest BCUT2D eigenvalue weighted by Gasteiger charge is -2.25. The molecule has 0 amide bonds. The second-order valence-electron chi connectivity index (χ2n) is 5.13. The third-order valence-electron chi connectivity index (χ3n) is 3.57. The molecule has 1 heterocycles. The summed E-state index contributed by atoms with van der Waals surface area (Å²) < 4.78 is 11.6. The Balaban J connectivity index is 2.09. The summed E-state index contributed by atoms with van der Waals surface area (Å²) in [5, 5.41) is 8.76. The first-order chi connectivity index (χ1) is 10.2. The topological polar surface area (TPSA) is 55.8 Å². The van der Waals surface area contributed by atoms with E-state index in [1.54, 1.807) is 7.11 Å². The summed E-state index contributed by atoms with van der Waals surface area (Å²) in [5.74, 6) is 3.04. The molecule has 1 aliphatic rings. The number of carboxylic acids is 1. The van der Waals surface area contributed by atoms with E-state index in [1.807, 2.05) is 30.0 Å². The van der Waals surface area contributed by atoms with Crippen molar-refractivity contribution in [3.8, 4) is 11.5 Å². The zero-order chi connectivity index (χ0) is 15.1. The number of ether oxygens (including phenoxy) is 2. The van der Waals surface area contributed by atoms with Gasteiger partial charge < -0.3 is 14.6 Å². The highest BCUT2D eigenvalue weighted by Gasteiger charge is 2.19. The molecule has 4 nitrogen and oxygen atoms in total. The fourth-order valence-corrected chi connectivity index (χ4v) is 3.51. The fourth-order valence-electron chi connectivity index (χ4n) is 2.44. The summed E-state index contributed by atoms with van der Waals surface area (Å²) in [6, 6.07) is 5.82. The number of aliphatic carboxylic acids is 1. The van der Waals surface area contributed by atoms with Crippen LogP contribution in [0, 0.1) is 0 Å². The van der Waals surface area contributed by atoms with E-state index >= 15 is 0 Å². The lowest BCUT2D eigenvalue weighted by atomic mass is 10.1. The maximum absolute atomic E-state index is 10.7. The number of benzene rings is 1. The quantitative estimate of drug-likeness (QED) is 0.836. The SMILES string of the molecule is COc1cccc(CCCC(=O)O)c1OC1CCSCC1. The van der Waals surface area contributed by atoms with Gasteiger partial charge in [-0.3, -0.25) is 4.79 Å². The number of methoxy groups -OCH3 is 1. The third kappa shape index (κ3) is 4.84. The predicted octanol–water partition coefficient (Wildman–Crippen LogP) is 3.38. The zero-order valence-corrected chi connectivity index (χ0v) is 13.2. The van der Waals surface area contributed by atoms with Crippen molar-refractivity contribution in [2.45, 2.75) is 38.2 Å². The number of carboxylic acid groups (broad SMARTS) is 1. The van der Waals surface area contributed by atoms with Crippen molar-refractivity contribution in [3.05, 3.63) is 23.8 Å². The zero-order valence-electron chi connectivity index (χ0n) is 12.3. The minimum Gasteiger partial charge on any atom is -0.493 e. The molecule has 2 rings (SSSR count). The minimum absolute atomic E-state index is 0.177. The van der Waals surface area contributed by atoms with Gasteiger partial charge in [-0.15, -0.1) is 0 Å². The molecule has 1 aromatic rings. The number of para-hydroxylation sites is 1. The number of thioether (sulfide) groups is 1. The summed E-state index contributed by atoms with van der Waals surface area (Å²) in [5.41, 5.74) is 1.04. The van der Waals surface area contributed by atoms with Crippen molar-refractivity contribution in [1.82, 2.24) is 0 Å². The van der Waals surface area contributed by atoms with Crippen LogP contribution in [0.4, 0.5) is 0 Å². The molecule has 1 fully saturated rings. The average Bonchev–Trinajstić information content (AvgIpc) is 2.49. The molecule has 0 atom stereocenters. The maximum Gasteiger partial charge on any atom is 0.303 e. The van der Waals surface area contributed by atoms with Crippen LogP contribution in [0.25, 0.3) is 0 Å². The van der Waals surface area contributed by atoms with Crippen LogP contribution in [0.5, 0.6) is 11.5 Å². The smallest absolute Gasteiger partial charge is 0.303 e. The van der Waals surface area contributed by atoms with Crippen LogP contribution in [0.1, 0.15) is 31.2 Å². The molecule has 0 aliphatic carbocycles. The largest absolute Gasteiger partial charge is 0.493 e. The van der Waals surface area contributed by atoms with Gasteiger partial charge in [0.15, 0.2) is 11.5 Å². The summed E-state index contributed by atoms with van der Waals surface area (Å²) in [6.07, 6.45) is 3.83. The predicted molar refractivity (Wildman–Crippen MR) is 84.5 cm³/mol. The maximum atomic E-state index is 10.7. The van der Waals surface area contributed by atoms with Crippen molar-refractivity contribution in [2.75, 3.05) is 18.6 Å². The Bertz CT molecular complexity index is 469. The second kappa shape index (κ2) is 8.17. The van der Waals surface area contributed by atoms with E-state index in [0.29, 0.717) is 12.8 Å². The van der Waals surface area contributed by atoms with Crippen LogP contribution >= 0.6 is 11.8 Å². The van der Waals surface area contributed by atoms with E-state index in [2.05, 4.69) is 0 Å². The van der Waals surface area contributed by atoms with Crippen LogP contribution < -0.4 is 9.47 Å². The van der Waals surface area contributed by atoms with Crippen LogP contribution in [0.3, 0.4) is 0 Å². The number of aryl methyl sites for hydroxylation is 1. The third-order valence-corrected chi connectivity index (χ3v) is 4.62. The molecule has 0 spiro atoms. The van der Waals surface area contributed by atoms with Gasteiger partial charge in [0.2, 0.25) is 0 Å². The van der Waals surface area contributed by atoms with Gasteiger partial charge >= 0.3 is 5.97 Å². The molecule has 1 aliphatic heterocycles. The van der Waals surface area contributed by atoms with Gasteiger partial charge in [-0.1, -0.05) is 12.1 Å². The Labute approximate surface area is 129 Å². The van der Waals surface area contributed by atoms with E-state index in [9.17, 15) is 4.79 Å². The Kier molecular flexibility index (Phi) is 6.23. The minimum atomic E-state index is -0.760. The van der Waals surface area contributed by atoms with Crippen molar-refractivity contribution in [3.63, 3.8) is 0 Å². The van der Waals surface area contributed by atoms with Crippen LogP contribution in [0.2, 0.25) is 0 Å². The molecule has 0 bridgehead atoms. The Morgan fingerprint density at radius 3 is 2.81 bits per heavy atom. The van der Waals surface area contributed by atoms with E-state index in [1.165, 1.54) is 0 Å². The first-order valence-corrected chi connectivity index (χ1v) is 8.48. The normalized spacial score (nSPS) is 15.7. The highest BCUT2D eigenvalue weighted by Crippen LogP contribution is 2.34. The van der Waals surface area contributed by atoms with Gasteiger partial charge in [0.1, 0.15) is 6.10 Å². The van der Waals surface area contributed by atoms with Gasteiger partial charge in [-0.25, -0.2) is 0 Å². The molecule has 116 valence electrons. The van der Waals surface area contributed by atoms with Crippen molar-refractivity contribution in [1.29, 1.82) is 0 Å². The number of carbonyl (C=O) groups is 1. The first kappa shape index (κ1) is 16.0. The monoisotopic (exact) mass is 310 g/mol. The fraction of sp³-hybridized carbons (Fsp3) is 0.562. The van der Waals surface area contributed by atoms with E-state index in [-0.39, 0.29) is 12.5 Å². The van der Waals surface area contributed by atoms with Gasteiger partial charge in [0, 0.05) is 6.42 Å². The average molecular weight is 310 g/mol. The van der Waals surface area contributed by atoms with Gasteiger partial charge in [0.05, 0.1) is 7.11 Å². The molecule has 1 saturated heterocycles. The lowest BCUT2D eigenvalue weighted by Crippen LogP contribution is -2.23. The van der Waals surface area contributed by atoms with Crippen LogP contribution in [-0.2, 0) is 11.2 Å². The molecule has 0 saturated carbocycles. The van der Waals surface area contributed by atoms with E-state index in [0.717, 1.165) is 41.4 Å². The Morgan fingerprint density at radius 1 is 1.38 bits per heavy atom. The van der Waals surface area contributed by atoms with Gasteiger partial charge in [0.25, 0.3) is 0 Å². The van der Waals surface area contributed by atoms with Crippen molar-refractivity contribution >= 4 is 17.7 Å². The van der Waals surface area contributed by atoms with E-state index in [4.69, 9.17) is 14.6 Å². The standard InChI is InChI=1S/C16H22O4S/c1-19-14-6-2-4-12(5-3-7-15(17)18)16(14)20-13-8-10-21-11-9-13/h2,4,6,13H,3,5,7-11H2,1H3,(H,17,18). The molecule has 5 heteroatoms. The molecule has 1 aromatic carbocycles. The second-order valence-corrected chi connectivity index (χ2v) is 6.35. The van der Waals surface area contributed by atoms with Gasteiger partial charge in [-0.2, -0.15) is 11.8 Å². The first-order valence-electron chi connectivity index (χ1n) is 7.32. The molecule has 1 N–H and O–H groups in total. The molecule has 0 aromatic heterocycles. The van der Waals surface area contributed by atoms with E-state index < -0.39 is 5.97 Å². The van der Waals surface area contributed by atoms with Crippen molar-refractivity contribution in [2.24, 2.45) is 0 Å². The summed E-state index contributed by atoms with van der Waals surface area (Å²) >= 11 is 1.96. The molecular formula is C16H22O4S. The highest BCUT2D eigenvalue weighted by molar-refractivity contribution is 7.99. The molecular weight excluding hydrogens is 288 g/mol. The molecule has 21 heavy (non-hydrogen) atoms. The Hall–Kier alpha value is -1.36. The number of hydrogen-bond acceptors (Lipinski definition) is 4. The molecule has 0 radical (unpaired) electrons. The summed E-state index contributed by atoms with van der Waals surface area (Å²) in [7, 11) is 1.64. The van der Waals surface area contributed by atoms with Gasteiger partial charge in [-0.05, 0) is 48.8 Å². The number of rotatable bonds is 7. The lowest BCUT2D eigenvalue weighted by molar-refractivity contribution is -0.137. The highest BCUT2D eigenvalue weighted by atomic mass is 32.2. The summed E-state index contributed by atoms with van der Waals surface area (Å²) in [6.45, 7) is 0.